The summed E-state index contributed by atoms with van der Waals surface area (Å²) in [4.78, 5) is 21.6. The predicted molar refractivity (Wildman–Crippen MR) is 120 cm³/mol. The van der Waals surface area contributed by atoms with Crippen LogP contribution in [0, 0.1) is 34.0 Å². The van der Waals surface area contributed by atoms with E-state index in [1.165, 1.54) is 4.57 Å². The van der Waals surface area contributed by atoms with Gasteiger partial charge in [-0.1, -0.05) is 18.2 Å². The first-order chi connectivity index (χ1) is 15.5. The van der Waals surface area contributed by atoms with Crippen LogP contribution in [0.5, 0.6) is 0 Å². The molecule has 0 saturated carbocycles. The molecule has 8 nitrogen and oxygen atoms in total. The van der Waals surface area contributed by atoms with E-state index in [1.807, 2.05) is 35.2 Å². The Balaban J connectivity index is 1.71. The third-order valence-corrected chi connectivity index (χ3v) is 6.03. The van der Waals surface area contributed by atoms with Gasteiger partial charge in [0, 0.05) is 39.3 Å². The molecule has 8 heteroatoms. The molecule has 1 fully saturated rings. The number of anilines is 1. The summed E-state index contributed by atoms with van der Waals surface area (Å²) in [6.45, 7) is 4.61. The number of aromatic nitrogens is 2. The number of aryl methyl sites for hydroxylation is 1. The highest BCUT2D eigenvalue weighted by Crippen LogP contribution is 2.29. The summed E-state index contributed by atoms with van der Waals surface area (Å²) in [7, 11) is 1.61. The molecule has 2 aromatic heterocycles. The highest BCUT2D eigenvalue weighted by Gasteiger charge is 2.29. The Morgan fingerprint density at radius 1 is 1.06 bits per heavy atom. The molecule has 1 aliphatic heterocycles. The van der Waals surface area contributed by atoms with Crippen LogP contribution in [-0.2, 0) is 13.6 Å². The number of rotatable bonds is 3. The average Bonchev–Trinajstić information content (AvgIpc) is 2.82. The highest BCUT2D eigenvalue weighted by molar-refractivity contribution is 5.92. The zero-order valence-corrected chi connectivity index (χ0v) is 17.9. The maximum absolute atomic E-state index is 12.9. The number of piperazine rings is 1. The summed E-state index contributed by atoms with van der Waals surface area (Å²) in [5, 5.41) is 28.5. The van der Waals surface area contributed by atoms with Gasteiger partial charge in [0.15, 0.2) is 0 Å². The van der Waals surface area contributed by atoms with Crippen molar-refractivity contribution in [2.75, 3.05) is 24.5 Å². The maximum Gasteiger partial charge on any atom is 0.270 e. The van der Waals surface area contributed by atoms with Crippen LogP contribution in [0.1, 0.15) is 29.3 Å². The molecule has 158 valence electrons. The number of hydrogen-bond acceptors (Lipinski definition) is 7. The Morgan fingerprint density at radius 3 is 2.53 bits per heavy atom. The van der Waals surface area contributed by atoms with Crippen LogP contribution in [0.4, 0.5) is 5.69 Å². The Morgan fingerprint density at radius 2 is 1.84 bits per heavy atom. The molecule has 32 heavy (non-hydrogen) atoms. The van der Waals surface area contributed by atoms with Crippen molar-refractivity contribution < 1.29 is 0 Å². The summed E-state index contributed by atoms with van der Waals surface area (Å²) < 4.78 is 1.41. The van der Waals surface area contributed by atoms with E-state index in [0.29, 0.717) is 48.5 Å². The van der Waals surface area contributed by atoms with Gasteiger partial charge < -0.3 is 9.47 Å². The topological polar surface area (TPSA) is 113 Å². The summed E-state index contributed by atoms with van der Waals surface area (Å²) >= 11 is 0. The van der Waals surface area contributed by atoms with Crippen LogP contribution in [0.15, 0.2) is 41.2 Å². The summed E-state index contributed by atoms with van der Waals surface area (Å²) in [6, 6.07) is 17.3. The van der Waals surface area contributed by atoms with Crippen LogP contribution in [-0.4, -0.2) is 40.1 Å². The minimum absolute atomic E-state index is 0.0399. The number of nitrogens with zero attached hydrogens (tertiary/aromatic N) is 7. The lowest BCUT2D eigenvalue weighted by Gasteiger charge is -2.41. The van der Waals surface area contributed by atoms with Crippen molar-refractivity contribution in [3.8, 4) is 18.2 Å². The van der Waals surface area contributed by atoms with Crippen molar-refractivity contribution in [2.24, 2.45) is 7.05 Å². The standard InChI is InChI=1S/C24H21N7O/c1-16-14-31(10-9-30(16)15-18-6-4-3-5-17(18)11-25)23-20(13-27)24(32)29(2)21-8-7-19(12-26)28-22(21)23/h3-8,16H,9-10,14-15H2,1-2H3/t16-/m1/s1. The van der Waals surface area contributed by atoms with E-state index in [1.54, 1.807) is 19.2 Å². The molecule has 1 atom stereocenters. The van der Waals surface area contributed by atoms with E-state index >= 15 is 0 Å². The molecule has 0 radical (unpaired) electrons. The van der Waals surface area contributed by atoms with Crippen LogP contribution in [0.3, 0.4) is 0 Å². The van der Waals surface area contributed by atoms with E-state index in [4.69, 9.17) is 0 Å². The summed E-state index contributed by atoms with van der Waals surface area (Å²) in [5.74, 6) is 0. The average molecular weight is 423 g/mol. The number of hydrogen-bond donors (Lipinski definition) is 0. The lowest BCUT2D eigenvalue weighted by atomic mass is 10.0. The lowest BCUT2D eigenvalue weighted by Crippen LogP contribution is -2.52. The second-order valence-electron chi connectivity index (χ2n) is 7.91. The third-order valence-electron chi connectivity index (χ3n) is 6.03. The molecule has 3 heterocycles. The molecule has 1 saturated heterocycles. The highest BCUT2D eigenvalue weighted by atomic mass is 16.1. The zero-order valence-electron chi connectivity index (χ0n) is 17.9. The van der Waals surface area contributed by atoms with Gasteiger partial charge in [-0.05, 0) is 30.7 Å². The van der Waals surface area contributed by atoms with Gasteiger partial charge in [0.1, 0.15) is 28.9 Å². The number of benzene rings is 1. The van der Waals surface area contributed by atoms with E-state index in [0.717, 1.165) is 5.56 Å². The van der Waals surface area contributed by atoms with Crippen LogP contribution in [0.25, 0.3) is 11.0 Å². The minimum atomic E-state index is -0.375. The maximum atomic E-state index is 12.9. The molecule has 0 unspecified atom stereocenters. The fourth-order valence-corrected chi connectivity index (χ4v) is 4.28. The fourth-order valence-electron chi connectivity index (χ4n) is 4.28. The minimum Gasteiger partial charge on any atom is -0.366 e. The molecule has 0 bridgehead atoms. The van der Waals surface area contributed by atoms with Crippen molar-refractivity contribution in [3.05, 3.63) is 69.1 Å². The number of nitriles is 3. The van der Waals surface area contributed by atoms with Crippen LogP contribution >= 0.6 is 0 Å². The second kappa shape index (κ2) is 8.51. The van der Waals surface area contributed by atoms with Crippen molar-refractivity contribution in [3.63, 3.8) is 0 Å². The van der Waals surface area contributed by atoms with Gasteiger partial charge in [-0.25, -0.2) is 4.98 Å². The molecule has 3 aromatic rings. The molecule has 0 spiro atoms. The van der Waals surface area contributed by atoms with Gasteiger partial charge in [-0.2, -0.15) is 15.8 Å². The van der Waals surface area contributed by atoms with E-state index in [9.17, 15) is 20.6 Å². The summed E-state index contributed by atoms with van der Waals surface area (Å²) in [5.41, 5.74) is 3.11. The fraction of sp³-hybridized carbons (Fsp3) is 0.292. The first-order valence-electron chi connectivity index (χ1n) is 10.3. The molecule has 0 aliphatic carbocycles. The molecule has 4 rings (SSSR count). The zero-order chi connectivity index (χ0) is 22.8. The lowest BCUT2D eigenvalue weighted by molar-refractivity contribution is 0.181. The van der Waals surface area contributed by atoms with Crippen molar-refractivity contribution in [1.82, 2.24) is 14.5 Å². The van der Waals surface area contributed by atoms with Crippen LogP contribution in [0.2, 0.25) is 0 Å². The Hall–Kier alpha value is -4.19. The first kappa shape index (κ1) is 21.1. The van der Waals surface area contributed by atoms with Gasteiger partial charge >= 0.3 is 0 Å². The van der Waals surface area contributed by atoms with Gasteiger partial charge in [0.25, 0.3) is 5.56 Å². The van der Waals surface area contributed by atoms with E-state index in [-0.39, 0.29) is 22.9 Å². The Bertz CT molecular complexity index is 1390. The summed E-state index contributed by atoms with van der Waals surface area (Å²) in [6.07, 6.45) is 0. The largest absolute Gasteiger partial charge is 0.366 e. The van der Waals surface area contributed by atoms with Gasteiger partial charge in [-0.3, -0.25) is 9.69 Å². The quantitative estimate of drug-likeness (QED) is 0.635. The third kappa shape index (κ3) is 3.56. The molecule has 0 amide bonds. The van der Waals surface area contributed by atoms with Gasteiger partial charge in [-0.15, -0.1) is 0 Å². The Kier molecular flexibility index (Phi) is 5.60. The second-order valence-corrected chi connectivity index (χ2v) is 7.91. The van der Waals surface area contributed by atoms with E-state index in [2.05, 4.69) is 28.9 Å². The number of pyridine rings is 2. The van der Waals surface area contributed by atoms with E-state index < -0.39 is 0 Å². The number of fused-ring (bicyclic) bond motifs is 1. The molecular formula is C24H21N7O. The predicted octanol–water partition coefficient (Wildman–Crippen LogP) is 2.26. The van der Waals surface area contributed by atoms with Crippen molar-refractivity contribution in [1.29, 1.82) is 15.8 Å². The van der Waals surface area contributed by atoms with Crippen molar-refractivity contribution >= 4 is 16.7 Å². The Labute approximate surface area is 185 Å². The van der Waals surface area contributed by atoms with Crippen LogP contribution < -0.4 is 10.5 Å². The monoisotopic (exact) mass is 423 g/mol. The normalized spacial score (nSPS) is 16.3. The smallest absolute Gasteiger partial charge is 0.270 e. The van der Waals surface area contributed by atoms with Gasteiger partial charge in [0.05, 0.1) is 22.8 Å². The van der Waals surface area contributed by atoms with Gasteiger partial charge in [0.2, 0.25) is 0 Å². The molecular weight excluding hydrogens is 402 g/mol. The molecule has 1 aromatic carbocycles. The SMILES string of the molecule is C[C@@H]1CN(c2c(C#N)c(=O)n(C)c3ccc(C#N)nc23)CCN1Cc1ccccc1C#N. The molecule has 1 aliphatic rings. The first-order valence-corrected chi connectivity index (χ1v) is 10.3. The molecule has 0 N–H and O–H groups in total. The van der Waals surface area contributed by atoms with Crippen molar-refractivity contribution in [2.45, 2.75) is 19.5 Å².